The normalized spacial score (nSPS) is 13.7. The summed E-state index contributed by atoms with van der Waals surface area (Å²) < 4.78 is 2.38. The molecule has 0 saturated carbocycles. The van der Waals surface area contributed by atoms with Crippen LogP contribution in [0.1, 0.15) is 36.1 Å². The topological polar surface area (TPSA) is 8.17 Å². The van der Waals surface area contributed by atoms with Gasteiger partial charge in [0.15, 0.2) is 0 Å². The van der Waals surface area contributed by atoms with Crippen LogP contribution in [0.5, 0.6) is 0 Å². The number of hydrogen-bond acceptors (Lipinski definition) is 1. The number of fused-ring (bicyclic) bond motifs is 8. The van der Waals surface area contributed by atoms with E-state index in [0.717, 1.165) is 5.69 Å². The summed E-state index contributed by atoms with van der Waals surface area (Å²) in [6.45, 7) is 4.72. The summed E-state index contributed by atoms with van der Waals surface area (Å²) >= 11 is 0. The van der Waals surface area contributed by atoms with Crippen LogP contribution >= 0.6 is 0 Å². The van der Waals surface area contributed by atoms with E-state index < -0.39 is 0 Å². The van der Waals surface area contributed by atoms with E-state index in [4.69, 9.17) is 0 Å². The monoisotopic (exact) mass is 702 g/mol. The second kappa shape index (κ2) is 12.1. The summed E-state index contributed by atoms with van der Waals surface area (Å²) in [5.41, 5.74) is 19.7. The van der Waals surface area contributed by atoms with Gasteiger partial charge < -0.3 is 9.47 Å². The van der Waals surface area contributed by atoms with Crippen molar-refractivity contribution in [2.45, 2.75) is 19.3 Å². The standard InChI is InChI=1S/C53H38N2/c1-53(2)47-19-11-9-17-43(47)45-34-52-40(33-48(45)53)22-21-39-31-37(25-29-49(39)54(52)42-27-23-36(24-28-42)35-13-5-3-6-14-35)38-26-30-51-46(32-38)44-18-10-12-20-50(44)55(51)41-15-7-4-8-16-41/h3-34H,1-2H3. The Morgan fingerprint density at radius 3 is 1.82 bits per heavy atom. The fourth-order valence-corrected chi connectivity index (χ4v) is 9.18. The van der Waals surface area contributed by atoms with Gasteiger partial charge in [0.2, 0.25) is 0 Å². The predicted molar refractivity (Wildman–Crippen MR) is 233 cm³/mol. The number of nitrogens with zero attached hydrogens (tertiary/aromatic N) is 2. The van der Waals surface area contributed by atoms with Crippen molar-refractivity contribution in [1.82, 2.24) is 4.57 Å². The van der Waals surface area contributed by atoms with Crippen molar-refractivity contribution in [1.29, 1.82) is 0 Å². The van der Waals surface area contributed by atoms with Crippen molar-refractivity contribution in [3.63, 3.8) is 0 Å². The minimum absolute atomic E-state index is 0.0778. The highest BCUT2D eigenvalue weighted by molar-refractivity contribution is 6.10. The summed E-state index contributed by atoms with van der Waals surface area (Å²) in [5.74, 6) is 0. The third kappa shape index (κ3) is 4.88. The van der Waals surface area contributed by atoms with Crippen LogP contribution in [0.2, 0.25) is 0 Å². The van der Waals surface area contributed by atoms with Gasteiger partial charge in [-0.05, 0) is 122 Å². The van der Waals surface area contributed by atoms with Crippen molar-refractivity contribution < 1.29 is 0 Å². The SMILES string of the molecule is CC1(C)c2ccccc2-c2cc3c(cc21)C=Cc1cc(-c2ccc4c(c2)c2ccccc2n4-c2ccccc2)ccc1N3c1ccc(-c2ccccc2)cc1. The highest BCUT2D eigenvalue weighted by Gasteiger charge is 2.37. The Hall–Kier alpha value is -6.90. The number of rotatable bonds is 4. The first-order valence-corrected chi connectivity index (χ1v) is 19.2. The fourth-order valence-electron chi connectivity index (χ4n) is 9.18. The molecule has 0 unspecified atom stereocenters. The Labute approximate surface area is 321 Å². The third-order valence-corrected chi connectivity index (χ3v) is 11.9. The van der Waals surface area contributed by atoms with E-state index in [-0.39, 0.29) is 5.41 Å². The van der Waals surface area contributed by atoms with Crippen LogP contribution in [0.15, 0.2) is 182 Å². The molecule has 9 aromatic rings. The largest absolute Gasteiger partial charge is 0.309 e. The van der Waals surface area contributed by atoms with Crippen LogP contribution < -0.4 is 4.90 Å². The van der Waals surface area contributed by atoms with Gasteiger partial charge in [-0.2, -0.15) is 0 Å². The first-order valence-electron chi connectivity index (χ1n) is 19.2. The zero-order chi connectivity index (χ0) is 36.7. The van der Waals surface area contributed by atoms with E-state index in [9.17, 15) is 0 Å². The van der Waals surface area contributed by atoms with Crippen molar-refractivity contribution >= 4 is 51.0 Å². The Kier molecular flexibility index (Phi) is 6.93. The Bertz CT molecular complexity index is 2980. The van der Waals surface area contributed by atoms with Gasteiger partial charge in [0, 0.05) is 27.6 Å². The van der Waals surface area contributed by atoms with E-state index in [2.05, 4.69) is 217 Å². The van der Waals surface area contributed by atoms with Gasteiger partial charge in [0.1, 0.15) is 0 Å². The van der Waals surface area contributed by atoms with E-state index >= 15 is 0 Å². The molecule has 0 radical (unpaired) electrons. The highest BCUT2D eigenvalue weighted by Crippen LogP contribution is 2.53. The average Bonchev–Trinajstić information content (AvgIpc) is 3.61. The van der Waals surface area contributed by atoms with Crippen molar-refractivity contribution in [3.8, 4) is 39.1 Å². The van der Waals surface area contributed by atoms with Gasteiger partial charge in [-0.3, -0.25) is 0 Å². The number of benzene rings is 8. The van der Waals surface area contributed by atoms with Gasteiger partial charge in [-0.25, -0.2) is 0 Å². The van der Waals surface area contributed by atoms with Crippen LogP contribution in [0, 0.1) is 0 Å². The second-order valence-electron chi connectivity index (χ2n) is 15.4. The third-order valence-electron chi connectivity index (χ3n) is 11.9. The molecule has 1 aromatic heterocycles. The molecule has 0 fully saturated rings. The Morgan fingerprint density at radius 1 is 0.382 bits per heavy atom. The molecule has 2 heteroatoms. The molecule has 55 heavy (non-hydrogen) atoms. The molecule has 11 rings (SSSR count). The molecule has 0 saturated heterocycles. The number of hydrogen-bond donors (Lipinski definition) is 0. The number of aromatic nitrogens is 1. The summed E-state index contributed by atoms with van der Waals surface area (Å²) in [6.07, 6.45) is 4.64. The molecular formula is C53H38N2. The predicted octanol–water partition coefficient (Wildman–Crippen LogP) is 14.4. The van der Waals surface area contributed by atoms with Crippen molar-refractivity contribution in [2.24, 2.45) is 0 Å². The molecule has 2 heterocycles. The lowest BCUT2D eigenvalue weighted by atomic mass is 9.82. The molecule has 0 N–H and O–H groups in total. The molecule has 0 amide bonds. The van der Waals surface area contributed by atoms with E-state index in [1.807, 2.05) is 0 Å². The number of para-hydroxylation sites is 2. The van der Waals surface area contributed by atoms with E-state index in [1.165, 1.54) is 94.5 Å². The molecule has 2 aliphatic rings. The second-order valence-corrected chi connectivity index (χ2v) is 15.4. The molecule has 1 aliphatic heterocycles. The van der Waals surface area contributed by atoms with E-state index in [1.54, 1.807) is 0 Å². The Morgan fingerprint density at radius 2 is 1.00 bits per heavy atom. The fraction of sp³-hybridized carbons (Fsp3) is 0.0566. The molecular weight excluding hydrogens is 665 g/mol. The first-order chi connectivity index (χ1) is 27.0. The minimum atomic E-state index is -0.0778. The van der Waals surface area contributed by atoms with Gasteiger partial charge in [0.25, 0.3) is 0 Å². The van der Waals surface area contributed by atoms with Crippen molar-refractivity contribution in [2.75, 3.05) is 4.90 Å². The maximum absolute atomic E-state index is 2.47. The first kappa shape index (κ1) is 31.6. The van der Waals surface area contributed by atoms with Gasteiger partial charge in [-0.15, -0.1) is 0 Å². The summed E-state index contributed by atoms with van der Waals surface area (Å²) in [4.78, 5) is 2.47. The lowest BCUT2D eigenvalue weighted by Crippen LogP contribution is -2.16. The van der Waals surface area contributed by atoms with Crippen LogP contribution in [-0.4, -0.2) is 4.57 Å². The highest BCUT2D eigenvalue weighted by atomic mass is 15.1. The summed E-state index contributed by atoms with van der Waals surface area (Å²) in [7, 11) is 0. The van der Waals surface area contributed by atoms with Gasteiger partial charge >= 0.3 is 0 Å². The van der Waals surface area contributed by atoms with Crippen LogP contribution in [0.25, 0.3) is 73.0 Å². The summed E-state index contributed by atoms with van der Waals surface area (Å²) in [5, 5.41) is 2.52. The molecule has 260 valence electrons. The summed E-state index contributed by atoms with van der Waals surface area (Å²) in [6, 6.07) is 66.8. The minimum Gasteiger partial charge on any atom is -0.309 e. The average molecular weight is 703 g/mol. The molecule has 8 aromatic carbocycles. The maximum atomic E-state index is 2.47. The molecule has 0 atom stereocenters. The molecule has 0 spiro atoms. The number of anilines is 3. The van der Waals surface area contributed by atoms with Gasteiger partial charge in [0.05, 0.1) is 22.4 Å². The molecule has 0 bridgehead atoms. The van der Waals surface area contributed by atoms with Crippen LogP contribution in [-0.2, 0) is 5.41 Å². The smallest absolute Gasteiger partial charge is 0.0541 e. The zero-order valence-electron chi connectivity index (χ0n) is 30.9. The lowest BCUT2D eigenvalue weighted by Gasteiger charge is -2.29. The maximum Gasteiger partial charge on any atom is 0.0541 e. The van der Waals surface area contributed by atoms with Crippen LogP contribution in [0.4, 0.5) is 17.1 Å². The Balaban J connectivity index is 1.08. The lowest BCUT2D eigenvalue weighted by molar-refractivity contribution is 0.660. The van der Waals surface area contributed by atoms with Crippen molar-refractivity contribution in [3.05, 3.63) is 204 Å². The molecule has 2 nitrogen and oxygen atoms in total. The van der Waals surface area contributed by atoms with Gasteiger partial charge in [-0.1, -0.05) is 141 Å². The van der Waals surface area contributed by atoms with Crippen LogP contribution in [0.3, 0.4) is 0 Å². The zero-order valence-corrected chi connectivity index (χ0v) is 30.9. The molecule has 1 aliphatic carbocycles. The van der Waals surface area contributed by atoms with E-state index in [0.29, 0.717) is 0 Å². The quantitative estimate of drug-likeness (QED) is 0.177.